The molecule has 1 amide bonds. The second kappa shape index (κ2) is 9.72. The van der Waals surface area contributed by atoms with E-state index in [4.69, 9.17) is 16.3 Å². The summed E-state index contributed by atoms with van der Waals surface area (Å²) >= 11 is 6.68. The van der Waals surface area contributed by atoms with E-state index < -0.39 is 0 Å². The molecule has 4 rings (SSSR count). The second-order valence-corrected chi connectivity index (χ2v) is 10.1. The Morgan fingerprint density at radius 2 is 1.79 bits per heavy atom. The van der Waals surface area contributed by atoms with Crippen molar-refractivity contribution >= 4 is 17.5 Å². The molecule has 6 nitrogen and oxygen atoms in total. The fourth-order valence-corrected chi connectivity index (χ4v) is 4.47. The van der Waals surface area contributed by atoms with Gasteiger partial charge in [0, 0.05) is 70.1 Å². The van der Waals surface area contributed by atoms with E-state index in [0.717, 1.165) is 27.9 Å². The number of rotatable bonds is 4. The van der Waals surface area contributed by atoms with Crippen molar-refractivity contribution in [1.29, 1.82) is 0 Å². The molecule has 0 bridgehead atoms. The third kappa shape index (κ3) is 4.93. The number of hydrogen-bond donors (Lipinski definition) is 1. The Labute approximate surface area is 205 Å². The van der Waals surface area contributed by atoms with Gasteiger partial charge in [0.05, 0.1) is 13.2 Å². The van der Waals surface area contributed by atoms with Crippen LogP contribution in [-0.2, 0) is 5.41 Å². The van der Waals surface area contributed by atoms with Gasteiger partial charge in [-0.2, -0.15) is 0 Å². The number of aliphatic hydroxyl groups is 1. The van der Waals surface area contributed by atoms with E-state index in [1.54, 1.807) is 42.7 Å². The molecule has 0 spiro atoms. The lowest BCUT2D eigenvalue weighted by molar-refractivity contribution is 0.0546. The van der Waals surface area contributed by atoms with E-state index in [1.165, 1.54) is 0 Å². The summed E-state index contributed by atoms with van der Waals surface area (Å²) in [6.07, 6.45) is 6.17. The third-order valence-electron chi connectivity index (χ3n) is 6.20. The minimum atomic E-state index is -0.331. The van der Waals surface area contributed by atoms with Gasteiger partial charge in [-0.25, -0.2) is 0 Å². The first-order valence-corrected chi connectivity index (χ1v) is 11.8. The standard InChI is InChI=1S/C27H30ClN3O3/c1-27(2,3)24-14-17(7-10-30-24)21-15-29-16-22(25(21)34-4)20-6-5-18(13-23(20)28)26(33)31-11-8-19(32)9-12-31/h5-7,10,13-16,19,32H,8-9,11-12H2,1-4H3. The molecular formula is C27H30ClN3O3. The normalized spacial score (nSPS) is 14.8. The van der Waals surface area contributed by atoms with Crippen molar-refractivity contribution < 1.29 is 14.6 Å². The number of nitrogens with zero attached hydrogens (tertiary/aromatic N) is 3. The number of amides is 1. The minimum absolute atomic E-state index is 0.0781. The summed E-state index contributed by atoms with van der Waals surface area (Å²) in [7, 11) is 1.63. The van der Waals surface area contributed by atoms with Crippen molar-refractivity contribution in [3.05, 3.63) is 65.2 Å². The quantitative estimate of drug-likeness (QED) is 0.544. The SMILES string of the molecule is COc1c(-c2ccnc(C(C)(C)C)c2)cncc1-c1ccc(C(=O)N2CCC(O)CC2)cc1Cl. The highest BCUT2D eigenvalue weighted by atomic mass is 35.5. The van der Waals surface area contributed by atoms with Crippen LogP contribution in [0.4, 0.5) is 0 Å². The zero-order valence-corrected chi connectivity index (χ0v) is 20.8. The number of hydrogen-bond acceptors (Lipinski definition) is 5. The monoisotopic (exact) mass is 479 g/mol. The van der Waals surface area contributed by atoms with Gasteiger partial charge in [-0.15, -0.1) is 0 Å². The van der Waals surface area contributed by atoms with E-state index in [2.05, 4.69) is 36.8 Å². The summed E-state index contributed by atoms with van der Waals surface area (Å²) in [4.78, 5) is 23.7. The fourth-order valence-electron chi connectivity index (χ4n) is 4.19. The molecule has 1 aliphatic rings. The van der Waals surface area contributed by atoms with Gasteiger partial charge in [0.25, 0.3) is 5.91 Å². The van der Waals surface area contributed by atoms with Crippen molar-refractivity contribution in [2.75, 3.05) is 20.2 Å². The summed E-state index contributed by atoms with van der Waals surface area (Å²) in [6, 6.07) is 9.32. The third-order valence-corrected chi connectivity index (χ3v) is 6.51. The largest absolute Gasteiger partial charge is 0.495 e. The molecule has 1 aromatic carbocycles. The van der Waals surface area contributed by atoms with Crippen LogP contribution >= 0.6 is 11.6 Å². The number of piperidine rings is 1. The lowest BCUT2D eigenvalue weighted by Gasteiger charge is -2.29. The molecule has 1 N–H and O–H groups in total. The van der Waals surface area contributed by atoms with E-state index in [-0.39, 0.29) is 17.4 Å². The summed E-state index contributed by atoms with van der Waals surface area (Å²) in [5.74, 6) is 0.581. The number of ether oxygens (including phenoxy) is 1. The van der Waals surface area contributed by atoms with Crippen LogP contribution < -0.4 is 4.74 Å². The zero-order valence-electron chi connectivity index (χ0n) is 20.0. The van der Waals surface area contributed by atoms with Crippen LogP contribution in [0, 0.1) is 0 Å². The lowest BCUT2D eigenvalue weighted by Crippen LogP contribution is -2.40. The molecule has 7 heteroatoms. The number of pyridine rings is 2. The van der Waals surface area contributed by atoms with E-state index in [9.17, 15) is 9.90 Å². The number of carbonyl (C=O) groups is 1. The summed E-state index contributed by atoms with van der Waals surface area (Å²) in [5.41, 5.74) is 4.70. The Hall–Kier alpha value is -2.96. The molecule has 1 aliphatic heterocycles. The van der Waals surface area contributed by atoms with Gasteiger partial charge in [0.15, 0.2) is 0 Å². The maximum atomic E-state index is 12.9. The lowest BCUT2D eigenvalue weighted by atomic mass is 9.89. The van der Waals surface area contributed by atoms with Crippen LogP contribution in [0.15, 0.2) is 48.9 Å². The van der Waals surface area contributed by atoms with Crippen LogP contribution in [0.2, 0.25) is 5.02 Å². The average molecular weight is 480 g/mol. The first-order chi connectivity index (χ1) is 16.2. The van der Waals surface area contributed by atoms with Gasteiger partial charge in [-0.1, -0.05) is 38.4 Å². The number of halogens is 1. The number of methoxy groups -OCH3 is 1. The van der Waals surface area contributed by atoms with Gasteiger partial charge in [0.1, 0.15) is 5.75 Å². The predicted octanol–water partition coefficient (Wildman–Crippen LogP) is 5.37. The highest BCUT2D eigenvalue weighted by Crippen LogP contribution is 2.41. The van der Waals surface area contributed by atoms with Gasteiger partial charge >= 0.3 is 0 Å². The van der Waals surface area contributed by atoms with Gasteiger partial charge in [0.2, 0.25) is 0 Å². The topological polar surface area (TPSA) is 75.6 Å². The van der Waals surface area contributed by atoms with Crippen molar-refractivity contribution in [2.24, 2.45) is 0 Å². The van der Waals surface area contributed by atoms with E-state index in [1.807, 2.05) is 12.1 Å². The molecule has 3 aromatic rings. The van der Waals surface area contributed by atoms with Crippen LogP contribution in [0.25, 0.3) is 22.3 Å². The Morgan fingerprint density at radius 3 is 2.44 bits per heavy atom. The number of aromatic nitrogens is 2. The van der Waals surface area contributed by atoms with Crippen LogP contribution in [0.5, 0.6) is 5.75 Å². The van der Waals surface area contributed by atoms with Crippen LogP contribution in [0.1, 0.15) is 49.7 Å². The van der Waals surface area contributed by atoms with Crippen molar-refractivity contribution in [2.45, 2.75) is 45.1 Å². The number of benzene rings is 1. The van der Waals surface area contributed by atoms with Crippen LogP contribution in [-0.4, -0.2) is 52.2 Å². The Balaban J connectivity index is 1.70. The molecule has 3 heterocycles. The second-order valence-electron chi connectivity index (χ2n) is 9.67. The molecule has 0 saturated carbocycles. The predicted molar refractivity (Wildman–Crippen MR) is 134 cm³/mol. The minimum Gasteiger partial charge on any atom is -0.495 e. The molecule has 0 unspecified atom stereocenters. The molecule has 178 valence electrons. The van der Waals surface area contributed by atoms with Gasteiger partial charge < -0.3 is 14.7 Å². The van der Waals surface area contributed by atoms with E-state index >= 15 is 0 Å². The molecule has 0 radical (unpaired) electrons. The molecule has 1 fully saturated rings. The highest BCUT2D eigenvalue weighted by Gasteiger charge is 2.24. The number of likely N-dealkylation sites (tertiary alicyclic amines) is 1. The summed E-state index contributed by atoms with van der Waals surface area (Å²) in [5, 5.41) is 10.2. The molecule has 1 saturated heterocycles. The molecular weight excluding hydrogens is 450 g/mol. The Kier molecular flexibility index (Phi) is 6.91. The summed E-state index contributed by atoms with van der Waals surface area (Å²) in [6.45, 7) is 7.46. The van der Waals surface area contributed by atoms with Crippen LogP contribution in [0.3, 0.4) is 0 Å². The first kappa shape index (κ1) is 24.2. The smallest absolute Gasteiger partial charge is 0.253 e. The molecule has 0 atom stereocenters. The van der Waals surface area contributed by atoms with Gasteiger partial charge in [-0.3, -0.25) is 14.8 Å². The van der Waals surface area contributed by atoms with Crippen molar-refractivity contribution in [3.8, 4) is 28.0 Å². The molecule has 2 aromatic heterocycles. The number of carbonyl (C=O) groups excluding carboxylic acids is 1. The van der Waals surface area contributed by atoms with Crippen molar-refractivity contribution in [3.63, 3.8) is 0 Å². The fraction of sp³-hybridized carbons (Fsp3) is 0.370. The molecule has 0 aliphatic carbocycles. The van der Waals surface area contributed by atoms with E-state index in [0.29, 0.717) is 42.3 Å². The highest BCUT2D eigenvalue weighted by molar-refractivity contribution is 6.33. The molecule has 34 heavy (non-hydrogen) atoms. The average Bonchev–Trinajstić information content (AvgIpc) is 2.83. The summed E-state index contributed by atoms with van der Waals surface area (Å²) < 4.78 is 5.83. The maximum absolute atomic E-state index is 12.9. The maximum Gasteiger partial charge on any atom is 0.253 e. The van der Waals surface area contributed by atoms with Gasteiger partial charge in [-0.05, 0) is 42.7 Å². The Bertz CT molecular complexity index is 1200. The Morgan fingerprint density at radius 1 is 1.09 bits per heavy atom. The zero-order chi connectivity index (χ0) is 24.5. The van der Waals surface area contributed by atoms with Crippen molar-refractivity contribution in [1.82, 2.24) is 14.9 Å². The number of aliphatic hydroxyl groups excluding tert-OH is 1. The first-order valence-electron chi connectivity index (χ1n) is 11.4.